The van der Waals surface area contributed by atoms with Crippen LogP contribution in [0, 0.1) is 0 Å². The second-order valence-corrected chi connectivity index (χ2v) is 6.28. The molecule has 0 aromatic heterocycles. The molecule has 0 bridgehead atoms. The number of alkyl halides is 1. The van der Waals surface area contributed by atoms with Crippen LogP contribution in [0.2, 0.25) is 0 Å². The number of hydrogen-bond acceptors (Lipinski definition) is 4. The summed E-state index contributed by atoms with van der Waals surface area (Å²) in [5, 5.41) is 5.16. The molecule has 2 aliphatic heterocycles. The molecule has 2 aliphatic rings. The van der Waals surface area contributed by atoms with E-state index < -0.39 is 0 Å². The number of hydrogen-bond donors (Lipinski definition) is 2. The Morgan fingerprint density at radius 3 is 2.94 bits per heavy atom. The lowest BCUT2D eigenvalue weighted by molar-refractivity contribution is -0.448. The lowest BCUT2D eigenvalue weighted by atomic mass is 10.2. The maximum Gasteiger partial charge on any atom is 0.309 e. The monoisotopic (exact) mass is 377 g/mol. The average Bonchev–Trinajstić information content (AvgIpc) is 2.86. The minimum atomic E-state index is 0.622. The number of rotatable bonds is 2. The minimum Gasteiger partial charge on any atom is -0.486 e. The smallest absolute Gasteiger partial charge is 0.309 e. The molecule has 1 atom stereocenters. The van der Waals surface area contributed by atoms with Gasteiger partial charge >= 0.3 is 5.17 Å². The van der Waals surface area contributed by atoms with Crippen molar-refractivity contribution < 1.29 is 14.5 Å². The fourth-order valence-electron chi connectivity index (χ4n) is 1.87. The van der Waals surface area contributed by atoms with E-state index in [0.717, 1.165) is 33.3 Å². The summed E-state index contributed by atoms with van der Waals surface area (Å²) >= 11 is 4.28. The van der Waals surface area contributed by atoms with Crippen LogP contribution in [0.25, 0.3) is 0 Å². The third-order valence-corrected chi connectivity index (χ3v) is 5.56. The zero-order valence-electron chi connectivity index (χ0n) is 9.74. The highest BCUT2D eigenvalue weighted by Crippen LogP contribution is 2.32. The Kier molecular flexibility index (Phi) is 3.83. The number of benzene rings is 1. The molecule has 1 unspecified atom stereocenters. The van der Waals surface area contributed by atoms with Gasteiger partial charge in [0.2, 0.25) is 0 Å². The first-order chi connectivity index (χ1) is 8.85. The SMILES string of the molecule is ICC1C[NH+]=C(Nc2ccc3c(c2)OCCO3)S1. The topological polar surface area (TPSA) is 44.5 Å². The van der Waals surface area contributed by atoms with Crippen molar-refractivity contribution in [2.24, 2.45) is 0 Å². The zero-order valence-corrected chi connectivity index (χ0v) is 12.7. The predicted molar refractivity (Wildman–Crippen MR) is 82.2 cm³/mol. The first-order valence-electron chi connectivity index (χ1n) is 5.85. The van der Waals surface area contributed by atoms with Crippen LogP contribution >= 0.6 is 34.4 Å². The minimum absolute atomic E-state index is 0.622. The Labute approximate surface area is 124 Å². The van der Waals surface area contributed by atoms with Crippen LogP contribution in [0.1, 0.15) is 0 Å². The van der Waals surface area contributed by atoms with E-state index in [2.05, 4.69) is 32.9 Å². The number of amidine groups is 1. The van der Waals surface area contributed by atoms with Crippen molar-refractivity contribution in [2.75, 3.05) is 29.5 Å². The first kappa shape index (κ1) is 12.4. The van der Waals surface area contributed by atoms with Crippen LogP contribution in [-0.4, -0.2) is 34.6 Å². The van der Waals surface area contributed by atoms with Gasteiger partial charge in [-0.15, -0.1) is 0 Å². The van der Waals surface area contributed by atoms with Crippen molar-refractivity contribution in [1.29, 1.82) is 0 Å². The fraction of sp³-hybridized carbons (Fsp3) is 0.417. The molecule has 0 saturated carbocycles. The third-order valence-electron chi connectivity index (χ3n) is 2.75. The van der Waals surface area contributed by atoms with Gasteiger partial charge in [0.05, 0.1) is 11.8 Å². The molecule has 0 amide bonds. The van der Waals surface area contributed by atoms with Crippen molar-refractivity contribution in [3.05, 3.63) is 18.2 Å². The molecule has 0 spiro atoms. The van der Waals surface area contributed by atoms with Crippen molar-refractivity contribution in [3.63, 3.8) is 0 Å². The lowest BCUT2D eigenvalue weighted by Crippen LogP contribution is -2.72. The average molecular weight is 377 g/mol. The molecule has 2 N–H and O–H groups in total. The normalized spacial score (nSPS) is 21.6. The van der Waals surface area contributed by atoms with Crippen LogP contribution in [-0.2, 0) is 0 Å². The number of nitrogens with one attached hydrogen (secondary N) is 2. The van der Waals surface area contributed by atoms with Gasteiger partial charge < -0.3 is 9.47 Å². The highest BCUT2D eigenvalue weighted by molar-refractivity contribution is 14.1. The molecule has 0 saturated heterocycles. The third kappa shape index (κ3) is 2.69. The molecular weight excluding hydrogens is 363 g/mol. The molecule has 96 valence electrons. The summed E-state index contributed by atoms with van der Waals surface area (Å²) in [4.78, 5) is 3.38. The number of ether oxygens (including phenoxy) is 2. The van der Waals surface area contributed by atoms with E-state index in [0.29, 0.717) is 18.5 Å². The van der Waals surface area contributed by atoms with Crippen LogP contribution in [0.3, 0.4) is 0 Å². The van der Waals surface area contributed by atoms with E-state index in [-0.39, 0.29) is 0 Å². The Morgan fingerprint density at radius 2 is 2.17 bits per heavy atom. The second-order valence-electron chi connectivity index (χ2n) is 4.09. The van der Waals surface area contributed by atoms with Gasteiger partial charge in [0.15, 0.2) is 11.5 Å². The largest absolute Gasteiger partial charge is 0.486 e. The van der Waals surface area contributed by atoms with Gasteiger partial charge in [-0.2, -0.15) is 0 Å². The van der Waals surface area contributed by atoms with Crippen LogP contribution in [0.15, 0.2) is 18.2 Å². The summed E-state index contributed by atoms with van der Waals surface area (Å²) in [5.74, 6) is 1.65. The van der Waals surface area contributed by atoms with E-state index >= 15 is 0 Å². The maximum atomic E-state index is 5.57. The molecule has 6 heteroatoms. The number of fused-ring (bicyclic) bond motifs is 1. The summed E-state index contributed by atoms with van der Waals surface area (Å²) in [6.45, 7) is 2.28. The van der Waals surface area contributed by atoms with Crippen LogP contribution in [0.4, 0.5) is 5.69 Å². The zero-order chi connectivity index (χ0) is 12.4. The fourth-order valence-corrected chi connectivity index (χ4v) is 3.63. The quantitative estimate of drug-likeness (QED) is 0.593. The van der Waals surface area contributed by atoms with Gasteiger partial charge in [0.25, 0.3) is 0 Å². The molecule has 1 aromatic carbocycles. The molecule has 1 aromatic rings. The van der Waals surface area contributed by atoms with E-state index in [4.69, 9.17) is 9.47 Å². The Balaban J connectivity index is 1.70. The van der Waals surface area contributed by atoms with Crippen molar-refractivity contribution in [1.82, 2.24) is 0 Å². The summed E-state index contributed by atoms with van der Waals surface area (Å²) in [6, 6.07) is 5.95. The van der Waals surface area contributed by atoms with Gasteiger partial charge in [-0.25, -0.2) is 5.32 Å². The van der Waals surface area contributed by atoms with E-state index in [9.17, 15) is 0 Å². The van der Waals surface area contributed by atoms with E-state index in [1.54, 1.807) is 0 Å². The molecule has 4 nitrogen and oxygen atoms in total. The first-order valence-corrected chi connectivity index (χ1v) is 8.26. The highest BCUT2D eigenvalue weighted by Gasteiger charge is 2.24. The van der Waals surface area contributed by atoms with E-state index in [1.165, 1.54) is 0 Å². The van der Waals surface area contributed by atoms with Gasteiger partial charge in [0, 0.05) is 10.5 Å². The predicted octanol–water partition coefficient (Wildman–Crippen LogP) is 0.857. The number of halogens is 1. The van der Waals surface area contributed by atoms with Crippen LogP contribution in [0.5, 0.6) is 11.5 Å². The van der Waals surface area contributed by atoms with Gasteiger partial charge in [-0.05, 0) is 23.9 Å². The molecule has 18 heavy (non-hydrogen) atoms. The second kappa shape index (κ2) is 5.56. The van der Waals surface area contributed by atoms with Gasteiger partial charge in [-0.3, -0.25) is 4.99 Å². The van der Waals surface area contributed by atoms with E-state index in [1.807, 2.05) is 30.0 Å². The van der Waals surface area contributed by atoms with Crippen molar-refractivity contribution in [2.45, 2.75) is 5.25 Å². The summed E-state index contributed by atoms with van der Waals surface area (Å²) in [6.07, 6.45) is 0. The Morgan fingerprint density at radius 1 is 1.33 bits per heavy atom. The number of anilines is 1. The summed E-state index contributed by atoms with van der Waals surface area (Å²) < 4.78 is 12.2. The maximum absolute atomic E-state index is 5.57. The molecule has 0 aliphatic carbocycles. The molecule has 3 rings (SSSR count). The highest BCUT2D eigenvalue weighted by atomic mass is 127. The Bertz CT molecular complexity index is 481. The summed E-state index contributed by atoms with van der Waals surface area (Å²) in [7, 11) is 0. The Hall–Kier alpha value is -0.630. The van der Waals surface area contributed by atoms with Gasteiger partial charge in [-0.1, -0.05) is 22.6 Å². The molecule has 2 heterocycles. The lowest BCUT2D eigenvalue weighted by Gasteiger charge is -2.18. The molecular formula is C12H14IN2O2S+. The molecule has 0 radical (unpaired) electrons. The summed E-state index contributed by atoms with van der Waals surface area (Å²) in [5.41, 5.74) is 1.03. The van der Waals surface area contributed by atoms with Crippen LogP contribution < -0.4 is 19.8 Å². The standard InChI is InChI=1S/C12H13IN2O2S/c13-6-9-7-14-12(18-9)15-8-1-2-10-11(5-8)17-4-3-16-10/h1-2,5,9H,3-4,6-7H2,(H,14,15)/p+1. The molecule has 0 fully saturated rings. The van der Waals surface area contributed by atoms with Crippen molar-refractivity contribution in [3.8, 4) is 11.5 Å². The number of thioether (sulfide) groups is 1. The van der Waals surface area contributed by atoms with Crippen molar-refractivity contribution >= 4 is 45.2 Å². The van der Waals surface area contributed by atoms with Gasteiger partial charge in [0.1, 0.15) is 18.9 Å².